The van der Waals surface area contributed by atoms with E-state index in [1.54, 1.807) is 6.20 Å². The van der Waals surface area contributed by atoms with Crippen LogP contribution >= 0.6 is 0 Å². The van der Waals surface area contributed by atoms with Gasteiger partial charge in [-0.25, -0.2) is 4.98 Å². The summed E-state index contributed by atoms with van der Waals surface area (Å²) in [5, 5.41) is 0. The molecule has 1 aliphatic heterocycles. The highest BCUT2D eigenvalue weighted by atomic mass is 16.5. The van der Waals surface area contributed by atoms with Crippen LogP contribution in [-0.2, 0) is 0 Å². The van der Waals surface area contributed by atoms with E-state index in [1.165, 1.54) is 0 Å². The van der Waals surface area contributed by atoms with Crippen molar-refractivity contribution in [1.29, 1.82) is 0 Å². The molecule has 0 N–H and O–H groups in total. The maximum atomic E-state index is 5.54. The van der Waals surface area contributed by atoms with Gasteiger partial charge in [0, 0.05) is 13.2 Å². The van der Waals surface area contributed by atoms with E-state index < -0.39 is 0 Å². The van der Waals surface area contributed by atoms with Gasteiger partial charge in [-0.1, -0.05) is 0 Å². The minimum absolute atomic E-state index is 0.688. The van der Waals surface area contributed by atoms with Crippen molar-refractivity contribution in [3.8, 4) is 5.88 Å². The smallest absolute Gasteiger partial charge is 0.243 e. The van der Waals surface area contributed by atoms with Crippen molar-refractivity contribution < 1.29 is 4.74 Å². The largest absolute Gasteiger partial charge is 0.440 e. The van der Waals surface area contributed by atoms with Crippen molar-refractivity contribution in [2.75, 3.05) is 11.9 Å². The van der Waals surface area contributed by atoms with Crippen molar-refractivity contribution in [2.24, 2.45) is 0 Å². The van der Waals surface area contributed by atoms with Crippen molar-refractivity contribution >= 4 is 5.69 Å². The van der Waals surface area contributed by atoms with Gasteiger partial charge in [0.2, 0.25) is 5.88 Å². The lowest BCUT2D eigenvalue weighted by molar-refractivity contribution is 0.394. The van der Waals surface area contributed by atoms with Crippen LogP contribution in [0.3, 0.4) is 0 Å². The summed E-state index contributed by atoms with van der Waals surface area (Å²) in [6.07, 6.45) is 1.74. The fraction of sp³-hybridized carbons (Fsp3) is 0.300. The maximum absolute atomic E-state index is 5.54. The van der Waals surface area contributed by atoms with E-state index in [-0.39, 0.29) is 0 Å². The minimum Gasteiger partial charge on any atom is -0.440 e. The summed E-state index contributed by atoms with van der Waals surface area (Å²) < 4.78 is 5.54. The molecule has 0 aliphatic carbocycles. The van der Waals surface area contributed by atoms with Crippen LogP contribution in [0, 0.1) is 0 Å². The Bertz CT molecular complexity index is 371. The Morgan fingerprint density at radius 2 is 2.15 bits per heavy atom. The van der Waals surface area contributed by atoms with E-state index in [2.05, 4.69) is 9.88 Å². The molecule has 0 bridgehead atoms. The Hall–Kier alpha value is -1.51. The topological polar surface area (TPSA) is 25.4 Å². The number of fused-ring (bicyclic) bond motifs is 1. The first-order valence-corrected chi connectivity index (χ1v) is 4.24. The predicted octanol–water partition coefficient (Wildman–Crippen LogP) is 2.16. The molecule has 1 aromatic heterocycles. The second-order valence-electron chi connectivity index (χ2n) is 3.13. The lowest BCUT2D eigenvalue weighted by Gasteiger charge is -2.28. The second kappa shape index (κ2) is 2.76. The highest BCUT2D eigenvalue weighted by Gasteiger charge is 2.19. The molecule has 13 heavy (non-hydrogen) atoms. The van der Waals surface area contributed by atoms with Crippen LogP contribution in [0.4, 0.5) is 5.69 Å². The molecule has 0 saturated carbocycles. The molecule has 0 amide bonds. The normalized spacial score (nSPS) is 15.5. The quantitative estimate of drug-likeness (QED) is 0.605. The van der Waals surface area contributed by atoms with E-state index in [1.807, 2.05) is 33.0 Å². The number of allylic oxidation sites excluding steroid dienone is 2. The van der Waals surface area contributed by atoms with Crippen LogP contribution < -0.4 is 9.64 Å². The van der Waals surface area contributed by atoms with Gasteiger partial charge in [-0.15, -0.1) is 0 Å². The molecule has 1 aliphatic rings. The van der Waals surface area contributed by atoms with Crippen LogP contribution in [0.5, 0.6) is 5.88 Å². The van der Waals surface area contributed by atoms with Gasteiger partial charge in [-0.05, 0) is 26.0 Å². The average molecular weight is 176 g/mol. The molecule has 0 unspecified atom stereocenters. The summed E-state index contributed by atoms with van der Waals surface area (Å²) in [6, 6.07) is 3.91. The van der Waals surface area contributed by atoms with E-state index >= 15 is 0 Å². The van der Waals surface area contributed by atoms with Gasteiger partial charge in [0.15, 0.2) is 0 Å². The predicted molar refractivity (Wildman–Crippen MR) is 51.6 cm³/mol. The van der Waals surface area contributed by atoms with Gasteiger partial charge in [-0.3, -0.25) is 0 Å². The zero-order valence-corrected chi connectivity index (χ0v) is 8.03. The molecule has 2 heterocycles. The summed E-state index contributed by atoms with van der Waals surface area (Å²) in [6.45, 7) is 3.98. The van der Waals surface area contributed by atoms with Crippen molar-refractivity contribution in [3.05, 3.63) is 29.8 Å². The zero-order valence-electron chi connectivity index (χ0n) is 8.03. The maximum Gasteiger partial charge on any atom is 0.243 e. The fourth-order valence-electron chi connectivity index (χ4n) is 1.35. The molecule has 3 nitrogen and oxygen atoms in total. The highest BCUT2D eigenvalue weighted by Crippen LogP contribution is 2.33. The van der Waals surface area contributed by atoms with E-state index in [0.29, 0.717) is 5.88 Å². The Morgan fingerprint density at radius 1 is 1.38 bits per heavy atom. The molecule has 0 aromatic carbocycles. The average Bonchev–Trinajstić information content (AvgIpc) is 2.15. The first-order valence-electron chi connectivity index (χ1n) is 4.24. The van der Waals surface area contributed by atoms with Crippen molar-refractivity contribution in [3.63, 3.8) is 0 Å². The van der Waals surface area contributed by atoms with Gasteiger partial charge >= 0.3 is 0 Å². The lowest BCUT2D eigenvalue weighted by atomic mass is 10.2. The van der Waals surface area contributed by atoms with E-state index in [4.69, 9.17) is 4.74 Å². The molecule has 0 fully saturated rings. The van der Waals surface area contributed by atoms with Gasteiger partial charge in [0.05, 0.1) is 5.70 Å². The molecule has 1 aromatic rings. The van der Waals surface area contributed by atoms with Crippen LogP contribution in [0.1, 0.15) is 13.8 Å². The molecule has 3 heteroatoms. The molecule has 0 atom stereocenters. The molecule has 0 saturated heterocycles. The van der Waals surface area contributed by atoms with Crippen LogP contribution in [0.15, 0.2) is 29.8 Å². The van der Waals surface area contributed by atoms with E-state index in [0.717, 1.165) is 17.1 Å². The van der Waals surface area contributed by atoms with Gasteiger partial charge < -0.3 is 9.64 Å². The summed E-state index contributed by atoms with van der Waals surface area (Å²) in [7, 11) is 2.02. The van der Waals surface area contributed by atoms with Crippen molar-refractivity contribution in [1.82, 2.24) is 4.98 Å². The monoisotopic (exact) mass is 176 g/mol. The highest BCUT2D eigenvalue weighted by molar-refractivity contribution is 5.61. The number of hydrogen-bond acceptors (Lipinski definition) is 3. The zero-order chi connectivity index (χ0) is 9.42. The third kappa shape index (κ3) is 1.16. The Labute approximate surface area is 77.7 Å². The molecule has 0 radical (unpaired) electrons. The Morgan fingerprint density at radius 3 is 2.92 bits per heavy atom. The van der Waals surface area contributed by atoms with Gasteiger partial charge in [0.1, 0.15) is 11.4 Å². The Kier molecular flexibility index (Phi) is 1.72. The SMILES string of the molecule is CC1=C(C)N(C)c2cccnc2O1. The lowest BCUT2D eigenvalue weighted by Crippen LogP contribution is -2.22. The first kappa shape index (κ1) is 8.10. The second-order valence-corrected chi connectivity index (χ2v) is 3.13. The summed E-state index contributed by atoms with van der Waals surface area (Å²) in [4.78, 5) is 6.24. The third-order valence-corrected chi connectivity index (χ3v) is 2.37. The number of aromatic nitrogens is 1. The minimum atomic E-state index is 0.688. The number of pyridine rings is 1. The van der Waals surface area contributed by atoms with Gasteiger partial charge in [0.25, 0.3) is 0 Å². The van der Waals surface area contributed by atoms with Crippen molar-refractivity contribution in [2.45, 2.75) is 13.8 Å². The summed E-state index contributed by atoms with van der Waals surface area (Å²) in [5.41, 5.74) is 2.14. The third-order valence-electron chi connectivity index (χ3n) is 2.37. The Balaban J connectivity index is 2.52. The molecular formula is C10H12N2O. The first-order chi connectivity index (χ1) is 6.20. The molecular weight excluding hydrogens is 164 g/mol. The molecule has 2 rings (SSSR count). The van der Waals surface area contributed by atoms with Gasteiger partial charge in [-0.2, -0.15) is 0 Å². The summed E-state index contributed by atoms with van der Waals surface area (Å²) in [5.74, 6) is 1.60. The number of rotatable bonds is 0. The number of ether oxygens (including phenoxy) is 1. The number of hydrogen-bond donors (Lipinski definition) is 0. The molecule has 0 spiro atoms. The number of anilines is 1. The van der Waals surface area contributed by atoms with Crippen LogP contribution in [-0.4, -0.2) is 12.0 Å². The standard InChI is InChI=1S/C10H12N2O/c1-7-8(2)13-10-9(12(7)3)5-4-6-11-10/h4-6H,1-3H3. The van der Waals surface area contributed by atoms with E-state index in [9.17, 15) is 0 Å². The van der Waals surface area contributed by atoms with Crippen LogP contribution in [0.25, 0.3) is 0 Å². The fourth-order valence-corrected chi connectivity index (χ4v) is 1.35. The number of nitrogens with zero attached hydrogens (tertiary/aromatic N) is 2. The molecule has 68 valence electrons. The van der Waals surface area contributed by atoms with Crippen LogP contribution in [0.2, 0.25) is 0 Å². The summed E-state index contributed by atoms with van der Waals surface area (Å²) >= 11 is 0.